The lowest BCUT2D eigenvalue weighted by Gasteiger charge is -2.30. The third-order valence-corrected chi connectivity index (χ3v) is 6.35. The van der Waals surface area contributed by atoms with E-state index in [4.69, 9.17) is 11.6 Å². The number of sulfone groups is 1. The van der Waals surface area contributed by atoms with Gasteiger partial charge in [-0.2, -0.15) is 0 Å². The van der Waals surface area contributed by atoms with Gasteiger partial charge in [0.2, 0.25) is 5.91 Å². The van der Waals surface area contributed by atoms with E-state index in [-0.39, 0.29) is 48.2 Å². The summed E-state index contributed by atoms with van der Waals surface area (Å²) in [4.78, 5) is 26.4. The normalized spacial score (nSPS) is 18.7. The summed E-state index contributed by atoms with van der Waals surface area (Å²) in [5.74, 6) is -0.0808. The third kappa shape index (κ3) is 5.71. The predicted molar refractivity (Wildman–Crippen MR) is 102 cm³/mol. The topological polar surface area (TPSA) is 83.6 Å². The first-order valence-electron chi connectivity index (χ1n) is 8.72. The molecule has 0 saturated carbocycles. The van der Waals surface area contributed by atoms with Gasteiger partial charge in [-0.25, -0.2) is 8.42 Å². The molecule has 1 N–H and O–H groups in total. The van der Waals surface area contributed by atoms with Crippen molar-refractivity contribution < 1.29 is 18.0 Å². The van der Waals surface area contributed by atoms with Gasteiger partial charge in [0.25, 0.3) is 5.91 Å². The molecular formula is C18H25ClN2O4S. The minimum Gasteiger partial charge on any atom is -0.351 e. The van der Waals surface area contributed by atoms with Gasteiger partial charge in [0.1, 0.15) is 0 Å². The second-order valence-electron chi connectivity index (χ2n) is 6.98. The molecule has 1 aliphatic heterocycles. The van der Waals surface area contributed by atoms with Crippen molar-refractivity contribution >= 4 is 33.3 Å². The van der Waals surface area contributed by atoms with Crippen LogP contribution in [0, 0.1) is 5.92 Å². The Morgan fingerprint density at radius 1 is 1.31 bits per heavy atom. The van der Waals surface area contributed by atoms with Gasteiger partial charge in [0.15, 0.2) is 9.84 Å². The maximum absolute atomic E-state index is 12.6. The molecule has 1 saturated heterocycles. The number of hydrogen-bond donors (Lipinski definition) is 1. The molecule has 144 valence electrons. The summed E-state index contributed by atoms with van der Waals surface area (Å²) >= 11 is 5.99. The quantitative estimate of drug-likeness (QED) is 0.759. The van der Waals surface area contributed by atoms with E-state index in [1.165, 1.54) is 0 Å². The number of hydrogen-bond acceptors (Lipinski definition) is 4. The number of amides is 2. The van der Waals surface area contributed by atoms with E-state index in [0.29, 0.717) is 23.6 Å². The van der Waals surface area contributed by atoms with Crippen LogP contribution in [0.3, 0.4) is 0 Å². The summed E-state index contributed by atoms with van der Waals surface area (Å²) in [7, 11) is -3.06. The Morgan fingerprint density at radius 3 is 2.58 bits per heavy atom. The Morgan fingerprint density at radius 2 is 2.00 bits per heavy atom. The number of benzene rings is 1. The van der Waals surface area contributed by atoms with Crippen LogP contribution in [0.1, 0.15) is 37.0 Å². The van der Waals surface area contributed by atoms with Crippen LogP contribution in [0.2, 0.25) is 5.02 Å². The zero-order valence-corrected chi connectivity index (χ0v) is 16.6. The molecule has 0 spiro atoms. The first-order chi connectivity index (χ1) is 12.2. The highest BCUT2D eigenvalue weighted by atomic mass is 35.5. The molecule has 1 heterocycles. The van der Waals surface area contributed by atoms with Crippen LogP contribution in [0.15, 0.2) is 24.3 Å². The molecule has 1 fully saturated rings. The molecule has 0 aromatic heterocycles. The first kappa shape index (κ1) is 20.7. The van der Waals surface area contributed by atoms with Crippen molar-refractivity contribution in [2.45, 2.75) is 32.7 Å². The molecule has 8 heteroatoms. The Labute approximate surface area is 159 Å². The van der Waals surface area contributed by atoms with E-state index in [9.17, 15) is 18.0 Å². The van der Waals surface area contributed by atoms with Crippen molar-refractivity contribution in [3.05, 3.63) is 34.9 Å². The lowest BCUT2D eigenvalue weighted by molar-refractivity contribution is -0.133. The van der Waals surface area contributed by atoms with E-state index >= 15 is 0 Å². The van der Waals surface area contributed by atoms with Crippen molar-refractivity contribution in [1.29, 1.82) is 0 Å². The molecule has 1 aromatic carbocycles. The number of nitrogens with zero attached hydrogens (tertiary/aromatic N) is 1. The minimum atomic E-state index is -3.06. The Balaban J connectivity index is 1.93. The zero-order chi connectivity index (χ0) is 19.3. The van der Waals surface area contributed by atoms with Gasteiger partial charge in [-0.1, -0.05) is 37.6 Å². The summed E-state index contributed by atoms with van der Waals surface area (Å²) in [6, 6.07) is 6.44. The van der Waals surface area contributed by atoms with Crippen LogP contribution in [-0.4, -0.2) is 55.8 Å². The van der Waals surface area contributed by atoms with Crippen LogP contribution in [0.4, 0.5) is 0 Å². The van der Waals surface area contributed by atoms with Gasteiger partial charge < -0.3 is 10.2 Å². The van der Waals surface area contributed by atoms with Gasteiger partial charge in [-0.05, 0) is 24.5 Å². The Hall–Kier alpha value is -1.60. The Kier molecular flexibility index (Phi) is 7.06. The lowest BCUT2D eigenvalue weighted by atomic mass is 10.1. The van der Waals surface area contributed by atoms with Gasteiger partial charge >= 0.3 is 0 Å². The fourth-order valence-corrected chi connectivity index (χ4v) is 4.99. The van der Waals surface area contributed by atoms with Gasteiger partial charge in [-0.3, -0.25) is 9.59 Å². The summed E-state index contributed by atoms with van der Waals surface area (Å²) < 4.78 is 23.5. The molecule has 1 aromatic rings. The maximum Gasteiger partial charge on any atom is 0.252 e. The lowest BCUT2D eigenvalue weighted by Crippen LogP contribution is -2.44. The van der Waals surface area contributed by atoms with Gasteiger partial charge in [-0.15, -0.1) is 0 Å². The summed E-state index contributed by atoms with van der Waals surface area (Å²) in [6.07, 6.45) is 0.603. The smallest absolute Gasteiger partial charge is 0.252 e. The number of carbonyl (C=O) groups excluding carboxylic acids is 2. The highest BCUT2D eigenvalue weighted by molar-refractivity contribution is 7.91. The van der Waals surface area contributed by atoms with Crippen molar-refractivity contribution in [1.82, 2.24) is 10.2 Å². The molecule has 1 aliphatic rings. The number of rotatable bonds is 7. The highest BCUT2D eigenvalue weighted by Crippen LogP contribution is 2.20. The fourth-order valence-electron chi connectivity index (χ4n) is 3.04. The molecule has 1 atom stereocenters. The van der Waals surface area contributed by atoms with E-state index in [1.54, 1.807) is 29.2 Å². The SMILES string of the molecule is CC(C)CN(C(=O)CCNC(=O)c1ccccc1Cl)[C@H]1CCS(=O)(=O)C1. The standard InChI is InChI=1S/C18H25ClN2O4S/c1-13(2)11-21(14-8-10-26(24,25)12-14)17(22)7-9-20-18(23)15-5-3-4-6-16(15)19/h3-6,13-14H,7-12H2,1-2H3,(H,20,23)/t14-/m0/s1. The van der Waals surface area contributed by atoms with Crippen molar-refractivity contribution in [2.24, 2.45) is 5.92 Å². The highest BCUT2D eigenvalue weighted by Gasteiger charge is 2.34. The van der Waals surface area contributed by atoms with E-state index < -0.39 is 9.84 Å². The molecule has 2 amide bonds. The molecule has 0 bridgehead atoms. The summed E-state index contributed by atoms with van der Waals surface area (Å²) in [6.45, 7) is 4.67. The van der Waals surface area contributed by atoms with Crippen molar-refractivity contribution in [3.8, 4) is 0 Å². The van der Waals surface area contributed by atoms with Crippen molar-refractivity contribution in [2.75, 3.05) is 24.6 Å². The largest absolute Gasteiger partial charge is 0.351 e. The molecule has 0 unspecified atom stereocenters. The molecular weight excluding hydrogens is 376 g/mol. The third-order valence-electron chi connectivity index (χ3n) is 4.27. The van der Waals surface area contributed by atoms with Crippen LogP contribution >= 0.6 is 11.6 Å². The zero-order valence-electron chi connectivity index (χ0n) is 15.1. The number of nitrogens with one attached hydrogen (secondary N) is 1. The van der Waals surface area contributed by atoms with E-state index in [0.717, 1.165) is 0 Å². The number of halogens is 1. The second-order valence-corrected chi connectivity index (χ2v) is 9.62. The van der Waals surface area contributed by atoms with Gasteiger partial charge in [0, 0.05) is 25.6 Å². The van der Waals surface area contributed by atoms with Crippen LogP contribution in [0.5, 0.6) is 0 Å². The average molecular weight is 401 g/mol. The van der Waals surface area contributed by atoms with E-state index in [2.05, 4.69) is 5.32 Å². The maximum atomic E-state index is 12.6. The average Bonchev–Trinajstić information content (AvgIpc) is 2.92. The predicted octanol–water partition coefficient (Wildman–Crippen LogP) is 2.13. The Bertz CT molecular complexity index is 764. The molecule has 26 heavy (non-hydrogen) atoms. The van der Waals surface area contributed by atoms with Crippen LogP contribution < -0.4 is 5.32 Å². The number of carbonyl (C=O) groups is 2. The summed E-state index contributed by atoms with van der Waals surface area (Å²) in [5.41, 5.74) is 0.363. The van der Waals surface area contributed by atoms with Crippen LogP contribution in [0.25, 0.3) is 0 Å². The summed E-state index contributed by atoms with van der Waals surface area (Å²) in [5, 5.41) is 3.05. The van der Waals surface area contributed by atoms with Crippen molar-refractivity contribution in [3.63, 3.8) is 0 Å². The second kappa shape index (κ2) is 8.86. The molecule has 0 aliphatic carbocycles. The van der Waals surface area contributed by atoms with E-state index in [1.807, 2.05) is 13.8 Å². The molecule has 6 nitrogen and oxygen atoms in total. The molecule has 2 rings (SSSR count). The minimum absolute atomic E-state index is 0.0252. The molecule has 0 radical (unpaired) electrons. The van der Waals surface area contributed by atoms with Gasteiger partial charge in [0.05, 0.1) is 22.1 Å². The van der Waals surface area contributed by atoms with Crippen LogP contribution in [-0.2, 0) is 14.6 Å². The monoisotopic (exact) mass is 400 g/mol. The first-order valence-corrected chi connectivity index (χ1v) is 10.9. The fraction of sp³-hybridized carbons (Fsp3) is 0.556.